The summed E-state index contributed by atoms with van der Waals surface area (Å²) in [5.41, 5.74) is 1.86. The van der Waals surface area contributed by atoms with Crippen molar-refractivity contribution in [1.29, 1.82) is 0 Å². The van der Waals surface area contributed by atoms with Gasteiger partial charge in [0, 0.05) is 29.9 Å². The highest BCUT2D eigenvalue weighted by Gasteiger charge is 2.19. The number of amides is 2. The van der Waals surface area contributed by atoms with Crippen molar-refractivity contribution in [3.8, 4) is 5.75 Å². The SMILES string of the molecule is CC(C)CCOc1cccc(C(=O)Nc2ccc(C(=O)N3CCCC3)cc2)c1. The highest BCUT2D eigenvalue weighted by Crippen LogP contribution is 2.18. The zero-order chi connectivity index (χ0) is 19.9. The molecule has 5 heteroatoms. The molecule has 1 fully saturated rings. The van der Waals surface area contributed by atoms with Crippen LogP contribution in [0.4, 0.5) is 5.69 Å². The van der Waals surface area contributed by atoms with E-state index in [2.05, 4.69) is 19.2 Å². The molecule has 1 saturated heterocycles. The number of benzene rings is 2. The van der Waals surface area contributed by atoms with Crippen LogP contribution in [0.1, 0.15) is 53.8 Å². The summed E-state index contributed by atoms with van der Waals surface area (Å²) < 4.78 is 5.73. The fourth-order valence-corrected chi connectivity index (χ4v) is 3.14. The van der Waals surface area contributed by atoms with E-state index in [1.54, 1.807) is 36.4 Å². The number of carbonyl (C=O) groups is 2. The molecule has 0 saturated carbocycles. The molecule has 0 unspecified atom stereocenters. The normalized spacial score (nSPS) is 13.6. The van der Waals surface area contributed by atoms with Crippen LogP contribution in [0.5, 0.6) is 5.75 Å². The van der Waals surface area contributed by atoms with E-state index in [0.717, 1.165) is 32.4 Å². The molecule has 0 bridgehead atoms. The molecule has 1 aliphatic rings. The van der Waals surface area contributed by atoms with Gasteiger partial charge in [0.2, 0.25) is 0 Å². The number of carbonyl (C=O) groups excluding carboxylic acids is 2. The van der Waals surface area contributed by atoms with E-state index in [1.165, 1.54) is 0 Å². The van der Waals surface area contributed by atoms with Crippen LogP contribution in [-0.4, -0.2) is 36.4 Å². The Kier molecular flexibility index (Phi) is 6.69. The van der Waals surface area contributed by atoms with E-state index in [0.29, 0.717) is 35.1 Å². The first-order valence-electron chi connectivity index (χ1n) is 9.96. The number of hydrogen-bond donors (Lipinski definition) is 1. The lowest BCUT2D eigenvalue weighted by Crippen LogP contribution is -2.27. The standard InChI is InChI=1S/C23H28N2O3/c1-17(2)12-15-28-21-7-5-6-19(16-21)22(26)24-20-10-8-18(9-11-20)23(27)25-13-3-4-14-25/h5-11,16-17H,3-4,12-15H2,1-2H3,(H,24,26). The predicted octanol–water partition coefficient (Wildman–Crippen LogP) is 4.60. The van der Waals surface area contributed by atoms with E-state index in [-0.39, 0.29) is 11.8 Å². The molecule has 0 aromatic heterocycles. The summed E-state index contributed by atoms with van der Waals surface area (Å²) in [6.45, 7) is 6.59. The topological polar surface area (TPSA) is 58.6 Å². The van der Waals surface area contributed by atoms with Gasteiger partial charge in [-0.25, -0.2) is 0 Å². The third kappa shape index (κ3) is 5.35. The Balaban J connectivity index is 1.59. The quantitative estimate of drug-likeness (QED) is 0.764. The molecule has 0 aliphatic carbocycles. The van der Waals surface area contributed by atoms with Gasteiger partial charge in [0.15, 0.2) is 0 Å². The second-order valence-corrected chi connectivity index (χ2v) is 7.59. The average Bonchev–Trinajstić information content (AvgIpc) is 3.23. The second kappa shape index (κ2) is 9.40. The van der Waals surface area contributed by atoms with Crippen molar-refractivity contribution < 1.29 is 14.3 Å². The fourth-order valence-electron chi connectivity index (χ4n) is 3.14. The maximum absolute atomic E-state index is 12.5. The molecule has 0 spiro atoms. The highest BCUT2D eigenvalue weighted by atomic mass is 16.5. The van der Waals surface area contributed by atoms with Crippen LogP contribution < -0.4 is 10.1 Å². The van der Waals surface area contributed by atoms with Gasteiger partial charge in [0.25, 0.3) is 11.8 Å². The minimum atomic E-state index is -0.201. The molecule has 1 heterocycles. The summed E-state index contributed by atoms with van der Waals surface area (Å²) in [5.74, 6) is 1.13. The molecular weight excluding hydrogens is 352 g/mol. The molecular formula is C23H28N2O3. The molecule has 3 rings (SSSR count). The lowest BCUT2D eigenvalue weighted by atomic mass is 10.1. The molecule has 1 N–H and O–H groups in total. The van der Waals surface area contributed by atoms with Crippen LogP contribution in [-0.2, 0) is 0 Å². The number of ether oxygens (including phenoxy) is 1. The summed E-state index contributed by atoms with van der Waals surface area (Å²) in [6, 6.07) is 14.3. The van der Waals surface area contributed by atoms with Gasteiger partial charge < -0.3 is 15.0 Å². The van der Waals surface area contributed by atoms with Gasteiger partial charge >= 0.3 is 0 Å². The van der Waals surface area contributed by atoms with E-state index in [9.17, 15) is 9.59 Å². The van der Waals surface area contributed by atoms with Crippen LogP contribution in [0, 0.1) is 5.92 Å². The Hall–Kier alpha value is -2.82. The van der Waals surface area contributed by atoms with Gasteiger partial charge in [0.1, 0.15) is 5.75 Å². The summed E-state index contributed by atoms with van der Waals surface area (Å²) in [4.78, 5) is 26.8. The van der Waals surface area contributed by atoms with Crippen LogP contribution >= 0.6 is 0 Å². The summed E-state index contributed by atoms with van der Waals surface area (Å²) >= 11 is 0. The summed E-state index contributed by atoms with van der Waals surface area (Å²) in [6.07, 6.45) is 3.11. The van der Waals surface area contributed by atoms with E-state index in [4.69, 9.17) is 4.74 Å². The summed E-state index contributed by atoms with van der Waals surface area (Å²) in [5, 5.41) is 2.88. The average molecular weight is 380 g/mol. The molecule has 0 atom stereocenters. The molecule has 28 heavy (non-hydrogen) atoms. The Labute approximate surface area is 166 Å². The Morgan fingerprint density at radius 3 is 2.43 bits per heavy atom. The van der Waals surface area contributed by atoms with Crippen LogP contribution in [0.3, 0.4) is 0 Å². The smallest absolute Gasteiger partial charge is 0.255 e. The number of likely N-dealkylation sites (tertiary alicyclic amines) is 1. The molecule has 0 radical (unpaired) electrons. The number of nitrogens with zero attached hydrogens (tertiary/aromatic N) is 1. The third-order valence-corrected chi connectivity index (χ3v) is 4.84. The molecule has 2 aromatic carbocycles. The zero-order valence-electron chi connectivity index (χ0n) is 16.6. The molecule has 2 aromatic rings. The number of hydrogen-bond acceptors (Lipinski definition) is 3. The van der Waals surface area contributed by atoms with Gasteiger partial charge in [-0.2, -0.15) is 0 Å². The largest absolute Gasteiger partial charge is 0.494 e. The van der Waals surface area contributed by atoms with Crippen LogP contribution in [0.2, 0.25) is 0 Å². The first kappa shape index (κ1) is 19.9. The Morgan fingerprint density at radius 1 is 1.04 bits per heavy atom. The monoisotopic (exact) mass is 380 g/mol. The van der Waals surface area contributed by atoms with Crippen LogP contribution in [0.25, 0.3) is 0 Å². The molecule has 148 valence electrons. The third-order valence-electron chi connectivity index (χ3n) is 4.84. The van der Waals surface area contributed by atoms with Gasteiger partial charge in [-0.1, -0.05) is 19.9 Å². The number of anilines is 1. The number of rotatable bonds is 7. The van der Waals surface area contributed by atoms with Gasteiger partial charge in [0.05, 0.1) is 6.61 Å². The van der Waals surface area contributed by atoms with E-state index < -0.39 is 0 Å². The van der Waals surface area contributed by atoms with Gasteiger partial charge in [-0.3, -0.25) is 9.59 Å². The van der Waals surface area contributed by atoms with Crippen molar-refractivity contribution in [3.05, 3.63) is 59.7 Å². The lowest BCUT2D eigenvalue weighted by Gasteiger charge is -2.15. The van der Waals surface area contributed by atoms with Gasteiger partial charge in [-0.15, -0.1) is 0 Å². The molecule has 2 amide bonds. The first-order valence-corrected chi connectivity index (χ1v) is 9.96. The minimum Gasteiger partial charge on any atom is -0.494 e. The minimum absolute atomic E-state index is 0.0571. The highest BCUT2D eigenvalue weighted by molar-refractivity contribution is 6.04. The van der Waals surface area contributed by atoms with Crippen molar-refractivity contribution in [2.45, 2.75) is 33.1 Å². The van der Waals surface area contributed by atoms with Gasteiger partial charge in [-0.05, 0) is 67.6 Å². The van der Waals surface area contributed by atoms with Crippen molar-refractivity contribution in [1.82, 2.24) is 4.90 Å². The van der Waals surface area contributed by atoms with E-state index in [1.807, 2.05) is 17.0 Å². The van der Waals surface area contributed by atoms with Crippen molar-refractivity contribution in [2.24, 2.45) is 5.92 Å². The van der Waals surface area contributed by atoms with Crippen LogP contribution in [0.15, 0.2) is 48.5 Å². The van der Waals surface area contributed by atoms with E-state index >= 15 is 0 Å². The van der Waals surface area contributed by atoms with Crippen molar-refractivity contribution >= 4 is 17.5 Å². The fraction of sp³-hybridized carbons (Fsp3) is 0.391. The predicted molar refractivity (Wildman–Crippen MR) is 111 cm³/mol. The maximum atomic E-state index is 12.5. The first-order chi connectivity index (χ1) is 13.5. The maximum Gasteiger partial charge on any atom is 0.255 e. The summed E-state index contributed by atoms with van der Waals surface area (Å²) in [7, 11) is 0. The Bertz CT molecular complexity index is 809. The Morgan fingerprint density at radius 2 is 1.75 bits per heavy atom. The second-order valence-electron chi connectivity index (χ2n) is 7.59. The zero-order valence-corrected chi connectivity index (χ0v) is 16.6. The molecule has 1 aliphatic heterocycles. The van der Waals surface area contributed by atoms with Crippen molar-refractivity contribution in [3.63, 3.8) is 0 Å². The van der Waals surface area contributed by atoms with Crippen molar-refractivity contribution in [2.75, 3.05) is 25.0 Å². The number of nitrogens with one attached hydrogen (secondary N) is 1. The molecule has 5 nitrogen and oxygen atoms in total. The lowest BCUT2D eigenvalue weighted by molar-refractivity contribution is 0.0792.